The van der Waals surface area contributed by atoms with Crippen LogP contribution in [-0.2, 0) is 59.1 Å². The van der Waals surface area contributed by atoms with Crippen LogP contribution >= 0.6 is 46.1 Å². The number of carboxylic acid groups (broad SMARTS) is 1. The molecular formula is C76H80Cl3N9O26S. The maximum atomic E-state index is 16.1. The first-order valence-electron chi connectivity index (χ1n) is 35.8. The van der Waals surface area contributed by atoms with Crippen molar-refractivity contribution in [2.24, 2.45) is 11.7 Å². The molecule has 11 bridgehead atoms. The number of rotatable bonds is 18. The Labute approximate surface area is 672 Å². The van der Waals surface area contributed by atoms with Gasteiger partial charge in [-0.15, -0.1) is 11.3 Å². The van der Waals surface area contributed by atoms with Crippen molar-refractivity contribution in [3.8, 4) is 67.6 Å². The number of likely N-dealkylation sites (N-methyl/N-ethyl adjacent to an activating group) is 1. The minimum absolute atomic E-state index is 0.116. The number of primary amides is 1. The Hall–Kier alpha value is -10.1. The number of carbonyl (C=O) groups excluding carboxylic acids is 7. The number of phenolic OH excluding ortho intramolecular Hbond substituents is 3. The lowest BCUT2D eigenvalue weighted by Gasteiger charge is -2.46. The van der Waals surface area contributed by atoms with Gasteiger partial charge in [0, 0.05) is 45.7 Å². The van der Waals surface area contributed by atoms with Gasteiger partial charge < -0.3 is 138 Å². The maximum Gasteiger partial charge on any atom is 0.330 e. The molecule has 0 aliphatic carbocycles. The predicted octanol–water partition coefficient (Wildman–Crippen LogP) is 1.87. The Morgan fingerprint density at radius 3 is 1.87 bits per heavy atom. The lowest BCUT2D eigenvalue weighted by molar-refractivity contribution is -0.350. The van der Waals surface area contributed by atoms with E-state index in [2.05, 4.69) is 42.5 Å². The van der Waals surface area contributed by atoms with Gasteiger partial charge >= 0.3 is 5.97 Å². The lowest BCUT2D eigenvalue weighted by atomic mass is 9.89. The van der Waals surface area contributed by atoms with Gasteiger partial charge in [-0.1, -0.05) is 79.0 Å². The Morgan fingerprint density at radius 2 is 1.24 bits per heavy atom. The summed E-state index contributed by atoms with van der Waals surface area (Å²) in [5.41, 5.74) is 4.48. The molecule has 0 spiro atoms. The molecule has 8 heterocycles. The van der Waals surface area contributed by atoms with Crippen molar-refractivity contribution in [2.45, 2.75) is 149 Å². The molecule has 0 radical (unpaired) electrons. The number of hydrogen-bond acceptors (Lipinski definition) is 28. The van der Waals surface area contributed by atoms with E-state index in [-0.39, 0.29) is 42.1 Å². The number of aromatic hydroxyl groups is 3. The van der Waals surface area contributed by atoms with Crippen molar-refractivity contribution >= 4 is 93.5 Å². The van der Waals surface area contributed by atoms with E-state index < -0.39 is 255 Å². The molecule has 6 aromatic carbocycles. The smallest absolute Gasteiger partial charge is 0.330 e. The van der Waals surface area contributed by atoms with Gasteiger partial charge in [-0.05, 0) is 131 Å². The first-order chi connectivity index (χ1) is 54.7. The van der Waals surface area contributed by atoms with Crippen molar-refractivity contribution in [3.05, 3.63) is 163 Å². The number of fused-ring (bicyclic) bond motifs is 15. The summed E-state index contributed by atoms with van der Waals surface area (Å²) in [5.74, 6) is -16.5. The van der Waals surface area contributed by atoms with Crippen LogP contribution in [-0.4, -0.2) is 214 Å². The zero-order chi connectivity index (χ0) is 82.9. The summed E-state index contributed by atoms with van der Waals surface area (Å²) in [7, 11) is 1.46. The molecule has 115 heavy (non-hydrogen) atoms. The number of phenols is 3. The van der Waals surface area contributed by atoms with Gasteiger partial charge in [0.15, 0.2) is 23.8 Å². The molecule has 7 aromatic rings. The molecule has 1 aromatic heterocycles. The van der Waals surface area contributed by atoms with E-state index in [9.17, 15) is 85.3 Å². The number of carbonyl (C=O) groups is 8. The van der Waals surface area contributed by atoms with Crippen molar-refractivity contribution in [1.82, 2.24) is 42.5 Å². The van der Waals surface area contributed by atoms with Crippen LogP contribution in [0.3, 0.4) is 0 Å². The molecule has 1 unspecified atom stereocenters. The molecule has 39 heteroatoms. The predicted molar refractivity (Wildman–Crippen MR) is 405 cm³/mol. The third kappa shape index (κ3) is 18.4. The minimum Gasteiger partial charge on any atom is -0.508 e. The van der Waals surface area contributed by atoms with Gasteiger partial charge in [0.2, 0.25) is 53.4 Å². The van der Waals surface area contributed by atoms with E-state index in [1.807, 2.05) is 23.6 Å². The number of ether oxygens (including phenoxy) is 6. The number of aliphatic hydroxyl groups is 8. The van der Waals surface area contributed by atoms with E-state index in [1.165, 1.54) is 24.5 Å². The summed E-state index contributed by atoms with van der Waals surface area (Å²) in [6.45, 7) is 2.61. The summed E-state index contributed by atoms with van der Waals surface area (Å²) in [5, 5.41) is 161. The van der Waals surface area contributed by atoms with E-state index >= 15 is 14.4 Å². The summed E-state index contributed by atoms with van der Waals surface area (Å²) in [6, 6.07) is 7.93. The number of nitrogens with one attached hydrogen (secondary N) is 8. The number of amides is 7. The molecule has 19 atom stereocenters. The molecule has 612 valence electrons. The highest BCUT2D eigenvalue weighted by Crippen LogP contribution is 2.50. The van der Waals surface area contributed by atoms with E-state index in [1.54, 1.807) is 26.0 Å². The standard InChI is InChI=1S/C76H80Cl3N9O26S/c1-28(2)14-41(81-3)68(101)87-57-59(94)32-7-12-45(39(78)17-32)109-47-19-34-20-48(66(47)113-76-65(100)63(98)67(50(26-89)112-76)114-75-64(99)62(97)61(96)49(111-75)25-82-24-29-15-51(115-27-29)30-4-9-35(77)10-5-30)110-46-13-8-33(18-40(46)79)60(95)58-73(106)86-56(74(107)108)38-21-36(90)22-44(92)53(38)37-16-31(6-11-43(37)91)54(70(103)88-58)85-71(104)55(34)84-69(102)42(23-52(80)93)83-72(57)105/h4-13,15-22,27-28,41-42,49-50,54-65,67,75-76,81-82,89-92,94-100H,14,23-26H2,1-3H3,(H2,80,93)(H,83,105)(H,84,102)(H,85,104)(H,86,106)(H,87,101)(H,88,103)(H,107,108)/t41-,42+,49-,50-,54-,55-,56-,57?,58+,59-,60-,61+,62+,63-,64-,65-,67-,75+,76+/m1/s1. The van der Waals surface area contributed by atoms with Crippen molar-refractivity contribution < 1.29 is 128 Å². The highest BCUT2D eigenvalue weighted by Gasteiger charge is 2.52. The molecule has 0 saturated carbocycles. The Balaban J connectivity index is 0.984. The summed E-state index contributed by atoms with van der Waals surface area (Å²) >= 11 is 21.7. The third-order valence-corrected chi connectivity index (χ3v) is 21.7. The van der Waals surface area contributed by atoms with E-state index in [0.29, 0.717) is 5.02 Å². The van der Waals surface area contributed by atoms with Gasteiger partial charge in [0.05, 0.1) is 29.1 Å². The molecule has 2 fully saturated rings. The van der Waals surface area contributed by atoms with Crippen molar-refractivity contribution in [1.29, 1.82) is 0 Å². The zero-order valence-corrected chi connectivity index (χ0v) is 63.8. The van der Waals surface area contributed by atoms with Crippen LogP contribution in [0.4, 0.5) is 0 Å². The Morgan fingerprint density at radius 1 is 0.626 bits per heavy atom. The third-order valence-electron chi connectivity index (χ3n) is 19.8. The van der Waals surface area contributed by atoms with E-state index in [0.717, 1.165) is 88.8 Å². The average molecular weight is 1670 g/mol. The first kappa shape index (κ1) is 84.3. The number of halogens is 3. The molecule has 35 nitrogen and oxygen atoms in total. The van der Waals surface area contributed by atoms with Gasteiger partial charge in [-0.3, -0.25) is 33.6 Å². The highest BCUT2D eigenvalue weighted by atomic mass is 35.5. The van der Waals surface area contributed by atoms with Crippen molar-refractivity contribution in [2.75, 3.05) is 20.2 Å². The normalized spacial score (nSPS) is 27.3. The number of hydrogen-bond donors (Lipinski definition) is 21. The monoisotopic (exact) mass is 1670 g/mol. The van der Waals surface area contributed by atoms with Crippen LogP contribution in [0.2, 0.25) is 15.1 Å². The van der Waals surface area contributed by atoms with Crippen LogP contribution in [0.5, 0.6) is 46.0 Å². The minimum atomic E-state index is -2.39. The molecular weight excluding hydrogens is 1590 g/mol. The number of nitrogens with two attached hydrogens (primary N) is 1. The van der Waals surface area contributed by atoms with E-state index in [4.69, 9.17) is 69.0 Å². The van der Waals surface area contributed by atoms with Gasteiger partial charge in [0.25, 0.3) is 0 Å². The Kier molecular flexibility index (Phi) is 26.1. The summed E-state index contributed by atoms with van der Waals surface area (Å²) in [6.07, 6.45) is -24.7. The fraction of sp³-hybridized carbons (Fsp3) is 0.368. The second-order valence-electron chi connectivity index (χ2n) is 28.3. The molecule has 7 amide bonds. The second-order valence-corrected chi connectivity index (χ2v) is 30.4. The van der Waals surface area contributed by atoms with Crippen LogP contribution in [0.1, 0.15) is 90.4 Å². The largest absolute Gasteiger partial charge is 0.508 e. The Bertz CT molecular complexity index is 4870. The molecule has 14 rings (SSSR count). The summed E-state index contributed by atoms with van der Waals surface area (Å²) in [4.78, 5) is 118. The van der Waals surface area contributed by atoms with Crippen molar-refractivity contribution in [3.63, 3.8) is 0 Å². The summed E-state index contributed by atoms with van der Waals surface area (Å²) < 4.78 is 37.9. The second kappa shape index (κ2) is 35.6. The average Bonchev–Trinajstić information content (AvgIpc) is 1.39. The number of thiophene rings is 1. The number of aliphatic carboxylic acids is 1. The highest BCUT2D eigenvalue weighted by molar-refractivity contribution is 7.13. The fourth-order valence-electron chi connectivity index (χ4n) is 13.8. The molecule has 2 saturated heterocycles. The zero-order valence-electron chi connectivity index (χ0n) is 60.8. The van der Waals surface area contributed by atoms with Crippen LogP contribution < -0.4 is 62.5 Å². The SMILES string of the molecule is CN[C@H](CC(C)C)C(=O)NC1C(=O)N[C@@H](CC(N)=O)C(=O)N[C@H]2C(=O)N[C@H]3C(=O)N[C@H](C(=O)N[C@@H](C(=O)O)c4cc(O)cc(O)c4-c4cc3ccc4O)[C@H](O)c3ccc(c(Cl)c3)Oc3cc2cc(c3O[C@@H]2O[C@H](CO)[C@@H](O[C@@H]3O[C@H](CNCc4csc(-c5ccc(Cl)cc5)c4)[C@H](O)[C@H](O)[C@H]3O)[C@H](O)[C@H]2O)Oc2ccc(cc2Cl)[C@H]1O. The van der Waals surface area contributed by atoms with Gasteiger partial charge in [-0.25, -0.2) is 4.79 Å². The molecule has 7 aliphatic rings. The topological polar surface area (TPSA) is 557 Å². The fourth-order valence-corrected chi connectivity index (χ4v) is 15.3. The van der Waals surface area contributed by atoms with Crippen LogP contribution in [0.25, 0.3) is 21.6 Å². The molecule has 7 aliphatic heterocycles. The number of carboxylic acids is 1. The molecule has 22 N–H and O–H groups in total. The lowest BCUT2D eigenvalue weighted by Crippen LogP contribution is -2.65. The van der Waals surface area contributed by atoms with Gasteiger partial charge in [-0.2, -0.15) is 0 Å². The number of aliphatic hydroxyl groups excluding tert-OH is 8. The maximum absolute atomic E-state index is 16.1. The first-order valence-corrected chi connectivity index (χ1v) is 37.8. The quantitative estimate of drug-likeness (QED) is 0.0583. The number of benzene rings is 6. The van der Waals surface area contributed by atoms with Crippen LogP contribution in [0, 0.1) is 5.92 Å². The van der Waals surface area contributed by atoms with Gasteiger partial charge in [0.1, 0.15) is 120 Å². The van der Waals surface area contributed by atoms with Crippen LogP contribution in [0.15, 0.2) is 115 Å².